The van der Waals surface area contributed by atoms with Crippen molar-refractivity contribution in [1.82, 2.24) is 10.1 Å². The highest BCUT2D eigenvalue weighted by molar-refractivity contribution is 9.10. The molecule has 0 bridgehead atoms. The third kappa shape index (κ3) is 2.26. The minimum atomic E-state index is -0.439. The average molecular weight is 323 g/mol. The van der Waals surface area contributed by atoms with Gasteiger partial charge in [-0.3, -0.25) is 0 Å². The van der Waals surface area contributed by atoms with Crippen molar-refractivity contribution < 1.29 is 4.52 Å². The Morgan fingerprint density at radius 1 is 1.26 bits per heavy atom. The highest BCUT2D eigenvalue weighted by Gasteiger charge is 2.36. The van der Waals surface area contributed by atoms with Crippen LogP contribution in [0.25, 0.3) is 11.5 Å². The van der Waals surface area contributed by atoms with Crippen LogP contribution in [0.4, 0.5) is 5.69 Å². The Morgan fingerprint density at radius 3 is 2.68 bits per heavy atom. The lowest BCUT2D eigenvalue weighted by molar-refractivity contribution is 0.372. The van der Waals surface area contributed by atoms with E-state index in [0.717, 1.165) is 35.7 Å². The van der Waals surface area contributed by atoms with Crippen molar-refractivity contribution in [3.63, 3.8) is 0 Å². The molecule has 0 aliphatic heterocycles. The Bertz CT molecular complexity index is 604. The number of anilines is 1. The summed E-state index contributed by atoms with van der Waals surface area (Å²) >= 11 is 3.37. The van der Waals surface area contributed by atoms with E-state index in [-0.39, 0.29) is 0 Å². The third-order valence-electron chi connectivity index (χ3n) is 3.61. The second-order valence-electron chi connectivity index (χ2n) is 5.02. The zero-order chi connectivity index (χ0) is 13.5. The number of hydrogen-bond donors (Lipinski definition) is 2. The van der Waals surface area contributed by atoms with E-state index >= 15 is 0 Å². The number of halogens is 1. The number of aromatic nitrogens is 2. The Hall–Kier alpha value is -1.40. The van der Waals surface area contributed by atoms with Gasteiger partial charge in [0.05, 0.1) is 11.1 Å². The van der Waals surface area contributed by atoms with Gasteiger partial charge in [0, 0.05) is 10.2 Å². The molecular weight excluding hydrogens is 308 g/mol. The summed E-state index contributed by atoms with van der Waals surface area (Å²) in [5, 5.41) is 4.03. The monoisotopic (exact) mass is 322 g/mol. The van der Waals surface area contributed by atoms with Gasteiger partial charge >= 0.3 is 0 Å². The van der Waals surface area contributed by atoms with E-state index in [2.05, 4.69) is 26.1 Å². The maximum absolute atomic E-state index is 6.31. The van der Waals surface area contributed by atoms with Gasteiger partial charge in [-0.15, -0.1) is 0 Å². The molecule has 100 valence electrons. The molecule has 0 atom stereocenters. The summed E-state index contributed by atoms with van der Waals surface area (Å²) in [6.45, 7) is 0. The first-order valence-corrected chi connectivity index (χ1v) is 7.06. The van der Waals surface area contributed by atoms with E-state index in [0.29, 0.717) is 17.4 Å². The van der Waals surface area contributed by atoms with E-state index in [4.69, 9.17) is 16.0 Å². The van der Waals surface area contributed by atoms with E-state index in [1.54, 1.807) is 0 Å². The van der Waals surface area contributed by atoms with Gasteiger partial charge in [-0.2, -0.15) is 4.98 Å². The van der Waals surface area contributed by atoms with Gasteiger partial charge in [-0.1, -0.05) is 33.9 Å². The highest BCUT2D eigenvalue weighted by Crippen LogP contribution is 2.36. The molecule has 0 radical (unpaired) electrons. The minimum Gasteiger partial charge on any atom is -0.398 e. The molecule has 1 aliphatic rings. The van der Waals surface area contributed by atoms with E-state index < -0.39 is 5.54 Å². The van der Waals surface area contributed by atoms with E-state index in [9.17, 15) is 0 Å². The second-order valence-corrected chi connectivity index (χ2v) is 5.93. The van der Waals surface area contributed by atoms with Crippen LogP contribution >= 0.6 is 15.9 Å². The van der Waals surface area contributed by atoms with Crippen LogP contribution in [0.3, 0.4) is 0 Å². The van der Waals surface area contributed by atoms with Gasteiger partial charge in [0.2, 0.25) is 0 Å². The molecule has 0 saturated heterocycles. The number of nitrogen functional groups attached to an aromatic ring is 1. The third-order valence-corrected chi connectivity index (χ3v) is 4.10. The summed E-state index contributed by atoms with van der Waals surface area (Å²) in [5.41, 5.74) is 13.2. The van der Waals surface area contributed by atoms with Crippen molar-refractivity contribution in [2.45, 2.75) is 31.2 Å². The molecule has 1 aromatic carbocycles. The second kappa shape index (κ2) is 4.61. The Kier molecular flexibility index (Phi) is 3.06. The molecule has 0 amide bonds. The van der Waals surface area contributed by atoms with Gasteiger partial charge in [-0.25, -0.2) is 0 Å². The molecule has 19 heavy (non-hydrogen) atoms. The zero-order valence-electron chi connectivity index (χ0n) is 10.4. The first-order chi connectivity index (χ1) is 9.08. The fraction of sp³-hybridized carbons (Fsp3) is 0.385. The van der Waals surface area contributed by atoms with Crippen LogP contribution in [0, 0.1) is 0 Å². The summed E-state index contributed by atoms with van der Waals surface area (Å²) in [6, 6.07) is 5.56. The fourth-order valence-electron chi connectivity index (χ4n) is 2.49. The quantitative estimate of drug-likeness (QED) is 0.829. The van der Waals surface area contributed by atoms with Crippen molar-refractivity contribution in [2.75, 3.05) is 5.73 Å². The van der Waals surface area contributed by atoms with Crippen LogP contribution in [-0.2, 0) is 5.54 Å². The number of nitrogens with two attached hydrogens (primary N) is 2. The molecule has 2 aromatic rings. The normalized spacial score (nSPS) is 17.8. The van der Waals surface area contributed by atoms with Gasteiger partial charge in [0.1, 0.15) is 0 Å². The van der Waals surface area contributed by atoms with Crippen molar-refractivity contribution >= 4 is 21.6 Å². The minimum absolute atomic E-state index is 0.428. The van der Waals surface area contributed by atoms with Gasteiger partial charge in [0.25, 0.3) is 5.89 Å². The molecule has 4 N–H and O–H groups in total. The lowest BCUT2D eigenvalue weighted by Gasteiger charge is -2.17. The van der Waals surface area contributed by atoms with Crippen molar-refractivity contribution in [2.24, 2.45) is 5.73 Å². The molecule has 1 aromatic heterocycles. The Morgan fingerprint density at radius 2 is 2.00 bits per heavy atom. The first kappa shape index (κ1) is 12.6. The molecule has 1 heterocycles. The first-order valence-electron chi connectivity index (χ1n) is 6.27. The van der Waals surface area contributed by atoms with Gasteiger partial charge < -0.3 is 16.0 Å². The largest absolute Gasteiger partial charge is 0.398 e. The molecule has 3 rings (SSSR count). The number of rotatable bonds is 2. The van der Waals surface area contributed by atoms with Crippen LogP contribution in [0.15, 0.2) is 27.2 Å². The molecule has 0 spiro atoms. The molecule has 1 saturated carbocycles. The van der Waals surface area contributed by atoms with Crippen LogP contribution < -0.4 is 11.5 Å². The van der Waals surface area contributed by atoms with Crippen LogP contribution in [0.2, 0.25) is 0 Å². The fourth-order valence-corrected chi connectivity index (χ4v) is 2.87. The lowest BCUT2D eigenvalue weighted by atomic mass is 9.98. The Balaban J connectivity index is 1.97. The molecule has 5 nitrogen and oxygen atoms in total. The Labute approximate surface area is 119 Å². The number of nitrogens with zero attached hydrogens (tertiary/aromatic N) is 2. The van der Waals surface area contributed by atoms with E-state index in [1.807, 2.05) is 18.2 Å². The molecule has 0 unspecified atom stereocenters. The smallest absolute Gasteiger partial charge is 0.260 e. The van der Waals surface area contributed by atoms with Gasteiger partial charge in [-0.05, 0) is 31.0 Å². The SMILES string of the molecule is Nc1cc(Br)ccc1-c1nc(C2(N)CCCC2)no1. The van der Waals surface area contributed by atoms with Crippen LogP contribution in [-0.4, -0.2) is 10.1 Å². The number of hydrogen-bond acceptors (Lipinski definition) is 5. The summed E-state index contributed by atoms with van der Waals surface area (Å²) in [7, 11) is 0. The maximum atomic E-state index is 6.31. The summed E-state index contributed by atoms with van der Waals surface area (Å²) in [4.78, 5) is 4.43. The number of benzene rings is 1. The highest BCUT2D eigenvalue weighted by atomic mass is 79.9. The summed E-state index contributed by atoms with van der Waals surface area (Å²) < 4.78 is 6.23. The van der Waals surface area contributed by atoms with Crippen molar-refractivity contribution in [3.05, 3.63) is 28.5 Å². The zero-order valence-corrected chi connectivity index (χ0v) is 12.0. The molecule has 6 heteroatoms. The van der Waals surface area contributed by atoms with Crippen molar-refractivity contribution in [3.8, 4) is 11.5 Å². The topological polar surface area (TPSA) is 91.0 Å². The maximum Gasteiger partial charge on any atom is 0.260 e. The average Bonchev–Trinajstić information content (AvgIpc) is 2.99. The van der Waals surface area contributed by atoms with Gasteiger partial charge in [0.15, 0.2) is 5.82 Å². The summed E-state index contributed by atoms with van der Waals surface area (Å²) in [6.07, 6.45) is 4.03. The predicted molar refractivity (Wildman–Crippen MR) is 76.2 cm³/mol. The van der Waals surface area contributed by atoms with Crippen LogP contribution in [0.1, 0.15) is 31.5 Å². The van der Waals surface area contributed by atoms with Crippen molar-refractivity contribution in [1.29, 1.82) is 0 Å². The van der Waals surface area contributed by atoms with Crippen LogP contribution in [0.5, 0.6) is 0 Å². The lowest BCUT2D eigenvalue weighted by Crippen LogP contribution is -2.34. The molecule has 1 aliphatic carbocycles. The summed E-state index contributed by atoms with van der Waals surface area (Å²) in [5.74, 6) is 1.01. The predicted octanol–water partition coefficient (Wildman–Crippen LogP) is 2.81. The van der Waals surface area contributed by atoms with E-state index in [1.165, 1.54) is 0 Å². The molecular formula is C13H15BrN4O. The standard InChI is InChI=1S/C13H15BrN4O/c14-8-3-4-9(10(15)7-8)11-17-12(18-19-11)13(16)5-1-2-6-13/h3-4,7H,1-2,5-6,15-16H2. The molecule has 1 fully saturated rings.